The van der Waals surface area contributed by atoms with Crippen molar-refractivity contribution in [3.05, 3.63) is 23.8 Å². The number of methoxy groups -OCH3 is 1. The van der Waals surface area contributed by atoms with E-state index in [0.29, 0.717) is 11.8 Å². The Kier molecular flexibility index (Phi) is 5.22. The predicted octanol–water partition coefficient (Wildman–Crippen LogP) is 5.95. The van der Waals surface area contributed by atoms with E-state index in [-0.39, 0.29) is 52.0 Å². The van der Waals surface area contributed by atoms with Crippen LogP contribution in [-0.2, 0) is 19.1 Å². The van der Waals surface area contributed by atoms with Gasteiger partial charge in [-0.1, -0.05) is 53.2 Å². The first kappa shape index (κ1) is 24.0. The minimum Gasteiger partial charge on any atom is -0.469 e. The molecule has 3 saturated carbocycles. The molecule has 0 bridgehead atoms. The van der Waals surface area contributed by atoms with Crippen LogP contribution in [0, 0.1) is 57.2 Å². The van der Waals surface area contributed by atoms with Crippen LogP contribution in [0.2, 0.25) is 0 Å². The van der Waals surface area contributed by atoms with Crippen LogP contribution in [-0.4, -0.2) is 24.6 Å². The van der Waals surface area contributed by atoms with E-state index in [1.807, 2.05) is 6.08 Å². The quantitative estimate of drug-likeness (QED) is 0.448. The first-order chi connectivity index (χ1) is 15.8. The molecule has 3 unspecified atom stereocenters. The van der Waals surface area contributed by atoms with Crippen LogP contribution in [0.15, 0.2) is 23.8 Å². The van der Waals surface area contributed by atoms with Gasteiger partial charge in [-0.25, -0.2) is 0 Å². The van der Waals surface area contributed by atoms with E-state index in [9.17, 15) is 14.4 Å². The zero-order chi connectivity index (χ0) is 24.8. The minimum absolute atomic E-state index is 0.0572. The van der Waals surface area contributed by atoms with Gasteiger partial charge in [-0.2, -0.15) is 0 Å². The third-order valence-corrected chi connectivity index (χ3v) is 12.1. The summed E-state index contributed by atoms with van der Waals surface area (Å²) in [5, 5.41) is 0. The van der Waals surface area contributed by atoms with E-state index in [1.54, 1.807) is 6.08 Å². The third-order valence-electron chi connectivity index (χ3n) is 12.1. The van der Waals surface area contributed by atoms with Crippen LogP contribution in [0.5, 0.6) is 0 Å². The van der Waals surface area contributed by atoms with Crippen molar-refractivity contribution in [2.24, 2.45) is 57.2 Å². The summed E-state index contributed by atoms with van der Waals surface area (Å²) in [7, 11) is 1.52. The fourth-order valence-electron chi connectivity index (χ4n) is 9.47. The monoisotopic (exact) mass is 466 g/mol. The molecule has 186 valence electrons. The average Bonchev–Trinajstić information content (AvgIpc) is 2.79. The number of esters is 1. The van der Waals surface area contributed by atoms with Crippen molar-refractivity contribution in [1.29, 1.82) is 0 Å². The van der Waals surface area contributed by atoms with Crippen molar-refractivity contribution in [2.45, 2.75) is 80.1 Å². The molecular weight excluding hydrogens is 424 g/mol. The fraction of sp³-hybridized carbons (Fsp3) is 0.767. The molecule has 0 aromatic heterocycles. The van der Waals surface area contributed by atoms with Crippen molar-refractivity contribution in [1.82, 2.24) is 0 Å². The van der Waals surface area contributed by atoms with Gasteiger partial charge >= 0.3 is 5.97 Å². The second-order valence-corrected chi connectivity index (χ2v) is 13.4. The molecule has 9 atom stereocenters. The molecule has 3 fully saturated rings. The molecule has 0 spiro atoms. The highest BCUT2D eigenvalue weighted by atomic mass is 16.5. The number of hydrogen-bond acceptors (Lipinski definition) is 4. The molecule has 0 amide bonds. The molecule has 0 aromatic carbocycles. The van der Waals surface area contributed by atoms with Gasteiger partial charge < -0.3 is 4.74 Å². The lowest BCUT2D eigenvalue weighted by molar-refractivity contribution is -0.175. The maximum absolute atomic E-state index is 14.1. The van der Waals surface area contributed by atoms with Crippen LogP contribution >= 0.6 is 0 Å². The summed E-state index contributed by atoms with van der Waals surface area (Å²) in [4.78, 5) is 40.1. The molecular formula is C30H42O4. The van der Waals surface area contributed by atoms with Gasteiger partial charge in [-0.3, -0.25) is 14.4 Å². The third kappa shape index (κ3) is 2.75. The molecule has 5 rings (SSSR count). The first-order valence-corrected chi connectivity index (χ1v) is 13.4. The lowest BCUT2D eigenvalue weighted by Crippen LogP contribution is -2.64. The summed E-state index contributed by atoms with van der Waals surface area (Å²) in [5.74, 6) is 1.41. The zero-order valence-electron chi connectivity index (χ0n) is 22.1. The van der Waals surface area contributed by atoms with E-state index < -0.39 is 10.8 Å². The van der Waals surface area contributed by atoms with Crippen molar-refractivity contribution in [3.8, 4) is 0 Å². The number of allylic oxidation sites excluding steroid dienone is 4. The van der Waals surface area contributed by atoms with Crippen molar-refractivity contribution in [3.63, 3.8) is 0 Å². The lowest BCUT2D eigenvalue weighted by atomic mass is 9.36. The number of fused-ring (bicyclic) bond motifs is 7. The molecule has 0 aliphatic heterocycles. The number of ether oxygens (including phenoxy) is 1. The Bertz CT molecular complexity index is 1000. The molecule has 0 radical (unpaired) electrons. The van der Waals surface area contributed by atoms with Gasteiger partial charge in [0.25, 0.3) is 0 Å². The van der Waals surface area contributed by atoms with Crippen LogP contribution in [0.4, 0.5) is 0 Å². The highest BCUT2D eigenvalue weighted by Crippen LogP contribution is 2.72. The number of ketones is 2. The Morgan fingerprint density at radius 1 is 0.971 bits per heavy atom. The number of carbonyl (C=O) groups is 3. The highest BCUT2D eigenvalue weighted by Gasteiger charge is 2.68. The highest BCUT2D eigenvalue weighted by molar-refractivity contribution is 5.98. The van der Waals surface area contributed by atoms with E-state index in [4.69, 9.17) is 4.74 Å². The minimum atomic E-state index is -0.508. The number of carbonyl (C=O) groups excluding carboxylic acids is 3. The molecule has 4 nitrogen and oxygen atoms in total. The van der Waals surface area contributed by atoms with Crippen LogP contribution in [0.1, 0.15) is 80.1 Å². The second-order valence-electron chi connectivity index (χ2n) is 13.4. The number of hydrogen-bond donors (Lipinski definition) is 0. The van der Waals surface area contributed by atoms with Gasteiger partial charge in [0.05, 0.1) is 12.5 Å². The largest absolute Gasteiger partial charge is 0.469 e. The molecule has 5 aliphatic rings. The average molecular weight is 467 g/mol. The Balaban J connectivity index is 1.66. The normalized spacial score (nSPS) is 49.2. The van der Waals surface area contributed by atoms with E-state index in [1.165, 1.54) is 12.7 Å². The Hall–Kier alpha value is -1.71. The molecule has 0 aromatic rings. The van der Waals surface area contributed by atoms with Crippen LogP contribution in [0.3, 0.4) is 0 Å². The van der Waals surface area contributed by atoms with Gasteiger partial charge in [0.1, 0.15) is 0 Å². The summed E-state index contributed by atoms with van der Waals surface area (Å²) in [6.45, 7) is 13.4. The van der Waals surface area contributed by atoms with Crippen molar-refractivity contribution < 1.29 is 19.1 Å². The molecule has 34 heavy (non-hydrogen) atoms. The molecule has 5 aliphatic carbocycles. The summed E-state index contributed by atoms with van der Waals surface area (Å²) >= 11 is 0. The lowest BCUT2D eigenvalue weighted by Gasteiger charge is -2.67. The summed E-state index contributed by atoms with van der Waals surface area (Å²) < 4.78 is 5.42. The van der Waals surface area contributed by atoms with E-state index in [2.05, 4.69) is 47.6 Å². The smallest absolute Gasteiger partial charge is 0.312 e. The Morgan fingerprint density at radius 2 is 1.68 bits per heavy atom. The van der Waals surface area contributed by atoms with Gasteiger partial charge in [-0.05, 0) is 91.1 Å². The van der Waals surface area contributed by atoms with Crippen LogP contribution < -0.4 is 0 Å². The molecule has 4 heteroatoms. The standard InChI is InChI=1S/C30H42O4/c1-17-10-13-30(26(33)34-7)15-14-28(5)21(24(30)18(17)2)16-22(31)25-19-8-9-23(32)27(3,4)20(19)11-12-29(25,28)6/h8-9,16-20,24-25H,10-15H2,1-7H3/t17-,18+,19?,20?,24+,25?,28-,29-,30+/m1/s1. The maximum Gasteiger partial charge on any atom is 0.312 e. The molecule has 0 N–H and O–H groups in total. The zero-order valence-corrected chi connectivity index (χ0v) is 22.1. The number of rotatable bonds is 1. The van der Waals surface area contributed by atoms with E-state index >= 15 is 0 Å². The first-order valence-electron chi connectivity index (χ1n) is 13.4. The van der Waals surface area contributed by atoms with Gasteiger partial charge in [0, 0.05) is 11.3 Å². The van der Waals surface area contributed by atoms with Crippen molar-refractivity contribution in [2.75, 3.05) is 7.11 Å². The topological polar surface area (TPSA) is 60.4 Å². The predicted molar refractivity (Wildman–Crippen MR) is 132 cm³/mol. The Labute approximate surface area is 205 Å². The van der Waals surface area contributed by atoms with Crippen LogP contribution in [0.25, 0.3) is 0 Å². The van der Waals surface area contributed by atoms with Crippen molar-refractivity contribution >= 4 is 17.5 Å². The molecule has 0 saturated heterocycles. The SMILES string of the molecule is COC(=O)[C@]12CC[C@@H](C)[C@H](C)[C@H]1C1=CC(=O)C3C4C=CC(=O)C(C)(C)C4CC[C@@]3(C)[C@]1(C)CC2. The van der Waals surface area contributed by atoms with Gasteiger partial charge in [0.2, 0.25) is 0 Å². The summed E-state index contributed by atoms with van der Waals surface area (Å²) in [6.07, 6.45) is 11.3. The molecule has 0 heterocycles. The Morgan fingerprint density at radius 3 is 2.35 bits per heavy atom. The second kappa shape index (κ2) is 7.40. The maximum atomic E-state index is 14.1. The fourth-order valence-corrected chi connectivity index (χ4v) is 9.47. The summed E-state index contributed by atoms with van der Waals surface area (Å²) in [5.41, 5.74) is -0.0273. The van der Waals surface area contributed by atoms with E-state index in [0.717, 1.165) is 38.5 Å². The summed E-state index contributed by atoms with van der Waals surface area (Å²) in [6, 6.07) is 0. The van der Waals surface area contributed by atoms with Gasteiger partial charge in [-0.15, -0.1) is 0 Å². The van der Waals surface area contributed by atoms with Gasteiger partial charge in [0.15, 0.2) is 11.6 Å².